The van der Waals surface area contributed by atoms with Gasteiger partial charge in [0, 0.05) is 37.8 Å². The van der Waals surface area contributed by atoms with Crippen LogP contribution in [0, 0.1) is 0 Å². The second kappa shape index (κ2) is 8.01. The van der Waals surface area contributed by atoms with Crippen molar-refractivity contribution in [2.45, 2.75) is 6.42 Å². The molecule has 1 saturated heterocycles. The summed E-state index contributed by atoms with van der Waals surface area (Å²) < 4.78 is 29.4. The number of rotatable bonds is 5. The summed E-state index contributed by atoms with van der Waals surface area (Å²) in [5.41, 5.74) is 1.48. The molecule has 9 heteroatoms. The van der Waals surface area contributed by atoms with Crippen LogP contribution in [0.5, 0.6) is 0 Å². The Morgan fingerprint density at radius 3 is 2.52 bits per heavy atom. The number of carbonyl (C=O) groups is 2. The maximum Gasteiger partial charge on any atom is 0.310 e. The number of pyridine rings is 1. The Hall–Kier alpha value is -2.52. The first-order valence-corrected chi connectivity index (χ1v) is 10.4. The number of benzene rings is 1. The van der Waals surface area contributed by atoms with Crippen LogP contribution in [0.1, 0.15) is 5.56 Å². The van der Waals surface area contributed by atoms with E-state index in [1.165, 1.54) is 9.21 Å². The van der Waals surface area contributed by atoms with Crippen molar-refractivity contribution in [1.82, 2.24) is 14.2 Å². The fourth-order valence-corrected chi connectivity index (χ4v) is 3.85. The summed E-state index contributed by atoms with van der Waals surface area (Å²) in [4.78, 5) is 30.1. The Kier molecular flexibility index (Phi) is 5.71. The Bertz CT molecular complexity index is 947. The number of amides is 1. The van der Waals surface area contributed by atoms with E-state index in [-0.39, 0.29) is 45.1 Å². The largest absolute Gasteiger partial charge is 0.455 e. The molecular weight excluding hydrogens is 370 g/mol. The topological polar surface area (TPSA) is 96.9 Å². The lowest BCUT2D eigenvalue weighted by molar-refractivity contribution is -0.151. The van der Waals surface area contributed by atoms with E-state index in [1.807, 2.05) is 30.3 Å². The minimum atomic E-state index is -3.25. The van der Waals surface area contributed by atoms with Crippen LogP contribution in [0.15, 0.2) is 36.5 Å². The second-order valence-corrected chi connectivity index (χ2v) is 8.35. The molecule has 2 heterocycles. The smallest absolute Gasteiger partial charge is 0.310 e. The van der Waals surface area contributed by atoms with Crippen LogP contribution in [0.25, 0.3) is 10.9 Å². The molecule has 144 valence electrons. The molecule has 0 spiro atoms. The fraction of sp³-hybridized carbons (Fsp3) is 0.389. The average molecular weight is 391 g/mol. The van der Waals surface area contributed by atoms with Crippen molar-refractivity contribution in [3.63, 3.8) is 0 Å². The zero-order chi connectivity index (χ0) is 19.4. The normalized spacial score (nSPS) is 15.7. The lowest BCUT2D eigenvalue weighted by atomic mass is 10.1. The summed E-state index contributed by atoms with van der Waals surface area (Å²) in [5.74, 6) is -0.830. The van der Waals surface area contributed by atoms with Gasteiger partial charge in [-0.15, -0.1) is 0 Å². The third kappa shape index (κ3) is 4.81. The number of carbonyl (C=O) groups excluding carboxylic acids is 2. The third-order valence-corrected chi connectivity index (χ3v) is 5.77. The number of ether oxygens (including phenoxy) is 1. The van der Waals surface area contributed by atoms with Crippen molar-refractivity contribution in [2.24, 2.45) is 0 Å². The molecule has 0 aliphatic carbocycles. The van der Waals surface area contributed by atoms with Gasteiger partial charge in [0.1, 0.15) is 0 Å². The minimum Gasteiger partial charge on any atom is -0.455 e. The number of fused-ring (bicyclic) bond motifs is 1. The van der Waals surface area contributed by atoms with Gasteiger partial charge in [-0.2, -0.15) is 4.31 Å². The van der Waals surface area contributed by atoms with E-state index in [9.17, 15) is 18.0 Å². The molecule has 0 unspecified atom stereocenters. The van der Waals surface area contributed by atoms with Crippen LogP contribution >= 0.6 is 0 Å². The minimum absolute atomic E-state index is 0.0312. The number of sulfonamides is 1. The predicted octanol–water partition coefficient (Wildman–Crippen LogP) is 0.424. The molecular formula is C18H21N3O5S. The summed E-state index contributed by atoms with van der Waals surface area (Å²) in [6.07, 6.45) is 2.84. The van der Waals surface area contributed by atoms with Gasteiger partial charge >= 0.3 is 5.97 Å². The second-order valence-electron chi connectivity index (χ2n) is 6.37. The number of esters is 1. The standard InChI is InChI=1S/C18H21N3O5S/c1-27(24,25)21-10-8-20(9-11-21)16(22)13-26-17(23)12-15-5-2-4-14-6-3-7-19-18(14)15/h2-7H,8-13H2,1H3. The first kappa shape index (κ1) is 19.2. The highest BCUT2D eigenvalue weighted by atomic mass is 32.2. The van der Waals surface area contributed by atoms with E-state index < -0.39 is 16.0 Å². The van der Waals surface area contributed by atoms with E-state index in [4.69, 9.17) is 4.74 Å². The Labute approximate surface area is 157 Å². The molecule has 1 fully saturated rings. The van der Waals surface area contributed by atoms with E-state index >= 15 is 0 Å². The third-order valence-electron chi connectivity index (χ3n) is 4.47. The first-order chi connectivity index (χ1) is 12.8. The fourth-order valence-electron chi connectivity index (χ4n) is 3.02. The predicted molar refractivity (Wildman–Crippen MR) is 99.4 cm³/mol. The Morgan fingerprint density at radius 2 is 1.81 bits per heavy atom. The van der Waals surface area contributed by atoms with E-state index in [1.54, 1.807) is 6.20 Å². The Morgan fingerprint density at radius 1 is 1.11 bits per heavy atom. The zero-order valence-corrected chi connectivity index (χ0v) is 15.8. The molecule has 27 heavy (non-hydrogen) atoms. The van der Waals surface area contributed by atoms with Crippen LogP contribution in [-0.4, -0.2) is 73.5 Å². The van der Waals surface area contributed by atoms with Gasteiger partial charge in [-0.05, 0) is 11.6 Å². The van der Waals surface area contributed by atoms with Gasteiger partial charge in [-0.25, -0.2) is 8.42 Å². The van der Waals surface area contributed by atoms with Gasteiger partial charge in [-0.1, -0.05) is 24.3 Å². The van der Waals surface area contributed by atoms with Crippen molar-refractivity contribution in [2.75, 3.05) is 39.0 Å². The summed E-state index contributed by atoms with van der Waals surface area (Å²) in [7, 11) is -3.25. The molecule has 0 N–H and O–H groups in total. The highest BCUT2D eigenvalue weighted by Crippen LogP contribution is 2.16. The van der Waals surface area contributed by atoms with E-state index in [2.05, 4.69) is 4.98 Å². The number of nitrogens with zero attached hydrogens (tertiary/aromatic N) is 3. The molecule has 3 rings (SSSR count). The molecule has 0 saturated carbocycles. The van der Waals surface area contributed by atoms with Crippen LogP contribution in [-0.2, 0) is 30.8 Å². The number of hydrogen-bond donors (Lipinski definition) is 0. The zero-order valence-electron chi connectivity index (χ0n) is 15.0. The van der Waals surface area contributed by atoms with Gasteiger partial charge in [0.25, 0.3) is 5.91 Å². The van der Waals surface area contributed by atoms with E-state index in [0.717, 1.165) is 22.7 Å². The number of para-hydroxylation sites is 1. The quantitative estimate of drug-likeness (QED) is 0.686. The monoisotopic (exact) mass is 391 g/mol. The number of hydrogen-bond acceptors (Lipinski definition) is 6. The van der Waals surface area contributed by atoms with Crippen molar-refractivity contribution in [3.05, 3.63) is 42.1 Å². The van der Waals surface area contributed by atoms with Crippen LogP contribution in [0.3, 0.4) is 0 Å². The summed E-state index contributed by atoms with van der Waals surface area (Å²) in [6, 6.07) is 9.31. The molecule has 1 aliphatic heterocycles. The van der Waals surface area contributed by atoms with Gasteiger partial charge < -0.3 is 9.64 Å². The van der Waals surface area contributed by atoms with Crippen molar-refractivity contribution in [1.29, 1.82) is 0 Å². The SMILES string of the molecule is CS(=O)(=O)N1CCN(C(=O)COC(=O)Cc2cccc3cccnc23)CC1. The van der Waals surface area contributed by atoms with Crippen molar-refractivity contribution >= 4 is 32.8 Å². The molecule has 1 amide bonds. The van der Waals surface area contributed by atoms with Gasteiger partial charge in [-0.3, -0.25) is 14.6 Å². The van der Waals surface area contributed by atoms with Gasteiger partial charge in [0.15, 0.2) is 6.61 Å². The highest BCUT2D eigenvalue weighted by Gasteiger charge is 2.26. The Balaban J connectivity index is 1.51. The molecule has 0 radical (unpaired) electrons. The van der Waals surface area contributed by atoms with E-state index in [0.29, 0.717) is 0 Å². The van der Waals surface area contributed by atoms with Crippen molar-refractivity contribution in [3.8, 4) is 0 Å². The molecule has 1 aliphatic rings. The summed E-state index contributed by atoms with van der Waals surface area (Å²) in [5, 5.41) is 0.933. The molecule has 1 aromatic heterocycles. The molecule has 0 atom stereocenters. The summed E-state index contributed by atoms with van der Waals surface area (Å²) >= 11 is 0. The van der Waals surface area contributed by atoms with Crippen molar-refractivity contribution < 1.29 is 22.7 Å². The average Bonchev–Trinajstić information content (AvgIpc) is 2.66. The lowest BCUT2D eigenvalue weighted by Gasteiger charge is -2.33. The molecule has 0 bridgehead atoms. The number of aromatic nitrogens is 1. The molecule has 8 nitrogen and oxygen atoms in total. The highest BCUT2D eigenvalue weighted by molar-refractivity contribution is 7.88. The maximum absolute atomic E-state index is 12.2. The summed E-state index contributed by atoms with van der Waals surface area (Å²) in [6.45, 7) is 0.726. The van der Waals surface area contributed by atoms with Crippen LogP contribution in [0.4, 0.5) is 0 Å². The van der Waals surface area contributed by atoms with Crippen LogP contribution in [0.2, 0.25) is 0 Å². The molecule has 2 aromatic rings. The molecule has 1 aromatic carbocycles. The lowest BCUT2D eigenvalue weighted by Crippen LogP contribution is -2.51. The van der Waals surface area contributed by atoms with Gasteiger partial charge in [0.05, 0.1) is 18.2 Å². The first-order valence-electron chi connectivity index (χ1n) is 8.56. The van der Waals surface area contributed by atoms with Gasteiger partial charge in [0.2, 0.25) is 10.0 Å². The van der Waals surface area contributed by atoms with Crippen LogP contribution < -0.4 is 0 Å². The maximum atomic E-state index is 12.2. The number of piperazine rings is 1.